The van der Waals surface area contributed by atoms with Crippen LogP contribution in [-0.2, 0) is 19.8 Å². The number of amides is 2. The van der Waals surface area contributed by atoms with Gasteiger partial charge >= 0.3 is 5.69 Å². The highest BCUT2D eigenvalue weighted by Gasteiger charge is 2.48. The molecule has 54 heavy (non-hydrogen) atoms. The number of aromatic amines is 1. The molecule has 13 heteroatoms. The number of rotatable bonds is 14. The second-order valence-corrected chi connectivity index (χ2v) is 12.9. The maximum absolute atomic E-state index is 13.0. The molecule has 0 saturated carbocycles. The van der Waals surface area contributed by atoms with Gasteiger partial charge in [0.1, 0.15) is 35.4 Å². The van der Waals surface area contributed by atoms with E-state index in [0.29, 0.717) is 22.6 Å². The molecular formula is C41H39N3O10. The molecule has 5 aromatic rings. The molecule has 0 spiro atoms. The highest BCUT2D eigenvalue weighted by atomic mass is 16.6. The number of aliphatic hydroxyl groups is 1. The molecule has 3 heterocycles. The summed E-state index contributed by atoms with van der Waals surface area (Å²) in [6, 6.07) is 32.4. The van der Waals surface area contributed by atoms with Crippen molar-refractivity contribution in [3.05, 3.63) is 164 Å². The molecule has 7 rings (SSSR count). The van der Waals surface area contributed by atoms with Crippen molar-refractivity contribution in [3.63, 3.8) is 0 Å². The van der Waals surface area contributed by atoms with Gasteiger partial charge in [-0.05, 0) is 59.5 Å². The van der Waals surface area contributed by atoms with Gasteiger partial charge in [0.05, 0.1) is 32.0 Å². The van der Waals surface area contributed by atoms with E-state index in [4.69, 9.17) is 23.7 Å². The highest BCUT2D eigenvalue weighted by molar-refractivity contribution is 6.21. The van der Waals surface area contributed by atoms with Gasteiger partial charge in [0, 0.05) is 25.4 Å². The first-order chi connectivity index (χ1) is 26.2. The standard InChI is InChI=1S/C41H39N3O10/c1-50-29-17-13-27(14-18-29)41(26-9-4-3-5-10-26,28-15-19-30(51-2)20-16-28)53-25-33-35(46)36(39(54-33)44-23-21-34(45)42-40(44)49)52-24-8-22-43-37(47)31-11-6-7-12-32(31)38(43)48/h3-7,9-21,23,33,35-36,39,46H,8,22,24-25H2,1-2H3,(H,42,45,49)/t33-,35-,36-,39-/m1/s1. The molecule has 278 valence electrons. The number of carbonyl (C=O) groups is 2. The summed E-state index contributed by atoms with van der Waals surface area (Å²) < 4.78 is 31.6. The number of aliphatic hydroxyl groups excluding tert-OH is 1. The van der Waals surface area contributed by atoms with Gasteiger partial charge < -0.3 is 28.8 Å². The zero-order valence-corrected chi connectivity index (χ0v) is 29.6. The lowest BCUT2D eigenvalue weighted by atomic mass is 9.80. The van der Waals surface area contributed by atoms with Gasteiger partial charge in [0.25, 0.3) is 17.4 Å². The smallest absolute Gasteiger partial charge is 0.330 e. The third kappa shape index (κ3) is 6.85. The molecular weight excluding hydrogens is 694 g/mol. The van der Waals surface area contributed by atoms with Gasteiger partial charge in [-0.3, -0.25) is 28.8 Å². The van der Waals surface area contributed by atoms with E-state index in [1.807, 2.05) is 78.9 Å². The monoisotopic (exact) mass is 733 g/mol. The third-order valence-electron chi connectivity index (χ3n) is 9.79. The zero-order valence-electron chi connectivity index (χ0n) is 29.6. The number of ether oxygens (including phenoxy) is 5. The molecule has 4 atom stereocenters. The number of imide groups is 1. The summed E-state index contributed by atoms with van der Waals surface area (Å²) in [4.78, 5) is 54.1. The van der Waals surface area contributed by atoms with E-state index in [1.165, 1.54) is 12.3 Å². The van der Waals surface area contributed by atoms with Crippen LogP contribution < -0.4 is 20.7 Å². The molecule has 0 unspecified atom stereocenters. The highest BCUT2D eigenvalue weighted by Crippen LogP contribution is 2.43. The van der Waals surface area contributed by atoms with Gasteiger partial charge in [-0.1, -0.05) is 66.7 Å². The summed E-state index contributed by atoms with van der Waals surface area (Å²) >= 11 is 0. The Morgan fingerprint density at radius 1 is 0.741 bits per heavy atom. The van der Waals surface area contributed by atoms with E-state index >= 15 is 0 Å². The molecule has 2 aliphatic rings. The molecule has 2 N–H and O–H groups in total. The summed E-state index contributed by atoms with van der Waals surface area (Å²) in [7, 11) is 3.18. The van der Waals surface area contributed by atoms with Crippen molar-refractivity contribution in [3.8, 4) is 11.5 Å². The number of methoxy groups -OCH3 is 2. The number of hydrogen-bond donors (Lipinski definition) is 2. The van der Waals surface area contributed by atoms with Crippen LogP contribution in [0, 0.1) is 0 Å². The van der Waals surface area contributed by atoms with Crippen molar-refractivity contribution < 1.29 is 38.4 Å². The Bertz CT molecular complexity index is 2140. The van der Waals surface area contributed by atoms with E-state index in [2.05, 4.69) is 4.98 Å². The summed E-state index contributed by atoms with van der Waals surface area (Å²) in [5, 5.41) is 11.8. The maximum atomic E-state index is 13.0. The van der Waals surface area contributed by atoms with Crippen molar-refractivity contribution in [2.24, 2.45) is 0 Å². The average molecular weight is 734 g/mol. The van der Waals surface area contributed by atoms with Gasteiger partial charge in [0.15, 0.2) is 6.23 Å². The summed E-state index contributed by atoms with van der Waals surface area (Å²) in [6.07, 6.45) is -3.07. The average Bonchev–Trinajstić information content (AvgIpc) is 3.64. The first-order valence-corrected chi connectivity index (χ1v) is 17.5. The molecule has 13 nitrogen and oxygen atoms in total. The Hall–Kier alpha value is -5.86. The van der Waals surface area contributed by atoms with E-state index in [0.717, 1.165) is 26.2 Å². The topological polar surface area (TPSA) is 159 Å². The molecule has 1 aromatic heterocycles. The molecule has 0 aliphatic carbocycles. The van der Waals surface area contributed by atoms with Crippen LogP contribution in [0.15, 0.2) is 125 Å². The van der Waals surface area contributed by atoms with Crippen LogP contribution in [0.2, 0.25) is 0 Å². The van der Waals surface area contributed by atoms with Crippen LogP contribution >= 0.6 is 0 Å². The normalized spacial score (nSPS) is 19.6. The largest absolute Gasteiger partial charge is 0.497 e. The number of nitrogens with zero attached hydrogens (tertiary/aromatic N) is 2. The van der Waals surface area contributed by atoms with Gasteiger partial charge in [-0.25, -0.2) is 4.79 Å². The lowest BCUT2D eigenvalue weighted by molar-refractivity contribution is -0.0982. The van der Waals surface area contributed by atoms with Crippen molar-refractivity contribution in [1.82, 2.24) is 14.5 Å². The minimum absolute atomic E-state index is 0.00627. The lowest BCUT2D eigenvalue weighted by Gasteiger charge is -2.37. The zero-order chi connectivity index (χ0) is 37.8. The third-order valence-corrected chi connectivity index (χ3v) is 9.79. The fourth-order valence-corrected chi connectivity index (χ4v) is 7.05. The number of benzene rings is 4. The first kappa shape index (κ1) is 36.5. The Kier molecular flexibility index (Phi) is 10.6. The lowest BCUT2D eigenvalue weighted by Crippen LogP contribution is -2.41. The van der Waals surface area contributed by atoms with E-state index in [-0.39, 0.29) is 38.0 Å². The molecule has 2 amide bonds. The van der Waals surface area contributed by atoms with Gasteiger partial charge in [-0.2, -0.15) is 0 Å². The van der Waals surface area contributed by atoms with Crippen molar-refractivity contribution in [2.75, 3.05) is 34.0 Å². The van der Waals surface area contributed by atoms with Crippen LogP contribution in [0.3, 0.4) is 0 Å². The van der Waals surface area contributed by atoms with Crippen LogP contribution in [0.5, 0.6) is 11.5 Å². The number of fused-ring (bicyclic) bond motifs is 1. The van der Waals surface area contributed by atoms with Crippen molar-refractivity contribution in [2.45, 2.75) is 36.6 Å². The second kappa shape index (κ2) is 15.6. The van der Waals surface area contributed by atoms with E-state index < -0.39 is 41.4 Å². The van der Waals surface area contributed by atoms with Crippen LogP contribution in [-0.4, -0.2) is 83.7 Å². The number of carbonyl (C=O) groups excluding carboxylic acids is 2. The molecule has 4 aromatic carbocycles. The minimum atomic E-state index is -1.31. The van der Waals surface area contributed by atoms with E-state index in [1.54, 1.807) is 38.5 Å². The van der Waals surface area contributed by atoms with Crippen LogP contribution in [0.1, 0.15) is 50.1 Å². The van der Waals surface area contributed by atoms with Crippen molar-refractivity contribution in [1.29, 1.82) is 0 Å². The summed E-state index contributed by atoms with van der Waals surface area (Å²) in [5.74, 6) is 0.542. The predicted molar refractivity (Wildman–Crippen MR) is 196 cm³/mol. The van der Waals surface area contributed by atoms with Crippen molar-refractivity contribution >= 4 is 11.8 Å². The molecule has 0 bridgehead atoms. The fourth-order valence-electron chi connectivity index (χ4n) is 7.05. The quantitative estimate of drug-likeness (QED) is 0.0975. The number of hydrogen-bond acceptors (Lipinski definition) is 10. The second-order valence-electron chi connectivity index (χ2n) is 12.9. The molecule has 0 radical (unpaired) electrons. The Morgan fingerprint density at radius 2 is 1.30 bits per heavy atom. The Morgan fingerprint density at radius 3 is 1.85 bits per heavy atom. The number of H-pyrrole nitrogens is 1. The minimum Gasteiger partial charge on any atom is -0.497 e. The maximum Gasteiger partial charge on any atom is 0.330 e. The van der Waals surface area contributed by atoms with E-state index in [9.17, 15) is 24.3 Å². The molecule has 1 saturated heterocycles. The van der Waals surface area contributed by atoms with Crippen LogP contribution in [0.4, 0.5) is 0 Å². The predicted octanol–water partition coefficient (Wildman–Crippen LogP) is 3.89. The summed E-state index contributed by atoms with van der Waals surface area (Å²) in [6.45, 7) is -0.0842. The summed E-state index contributed by atoms with van der Waals surface area (Å²) in [5.41, 5.74) is 0.442. The Labute approximate surface area is 310 Å². The SMILES string of the molecule is COc1ccc(C(OC[C@H]2O[C@@H](n3ccc(=O)[nH]c3=O)[C@H](OCCCN3C(=O)c4ccccc4C3=O)[C@@H]2O)(c2ccccc2)c2ccc(OC)cc2)cc1. The molecule has 1 fully saturated rings. The Balaban J connectivity index is 1.17. The molecule has 2 aliphatic heterocycles. The first-order valence-electron chi connectivity index (χ1n) is 17.5. The van der Waals surface area contributed by atoms with Crippen LogP contribution in [0.25, 0.3) is 0 Å². The number of aromatic nitrogens is 2. The van der Waals surface area contributed by atoms with Gasteiger partial charge in [-0.15, -0.1) is 0 Å². The van der Waals surface area contributed by atoms with Gasteiger partial charge in [0.2, 0.25) is 0 Å². The number of nitrogens with one attached hydrogen (secondary N) is 1. The fraction of sp³-hybridized carbons (Fsp3) is 0.268.